The van der Waals surface area contributed by atoms with Crippen molar-refractivity contribution in [1.29, 1.82) is 0 Å². The number of Topliss-reactive ketones (excluding diaryl/α,β-unsaturated/α-hetero) is 1. The summed E-state index contributed by atoms with van der Waals surface area (Å²) in [5, 5.41) is 3.92. The minimum absolute atomic E-state index is 0.250. The summed E-state index contributed by atoms with van der Waals surface area (Å²) < 4.78 is 0. The number of rotatable bonds is 1. The zero-order chi connectivity index (χ0) is 10.2. The van der Waals surface area contributed by atoms with E-state index in [4.69, 9.17) is 11.6 Å². The summed E-state index contributed by atoms with van der Waals surface area (Å²) in [5.74, 6) is 0.250. The first-order valence-electron chi connectivity index (χ1n) is 4.67. The molecule has 1 fully saturated rings. The molecule has 2 nitrogen and oxygen atoms in total. The van der Waals surface area contributed by atoms with Gasteiger partial charge in [0, 0.05) is 18.0 Å². The fourth-order valence-corrected chi connectivity index (χ4v) is 1.95. The maximum Gasteiger partial charge on any atom is 0.158 e. The van der Waals surface area contributed by atoms with Crippen molar-refractivity contribution < 1.29 is 4.79 Å². The van der Waals surface area contributed by atoms with Gasteiger partial charge in [0.05, 0.1) is 0 Å². The van der Waals surface area contributed by atoms with Crippen LogP contribution in [0.5, 0.6) is 0 Å². The lowest BCUT2D eigenvalue weighted by molar-refractivity contribution is -0.122. The van der Waals surface area contributed by atoms with Crippen molar-refractivity contribution in [2.24, 2.45) is 0 Å². The van der Waals surface area contributed by atoms with Crippen LogP contribution in [-0.2, 0) is 10.3 Å². The molecule has 1 N–H and O–H groups in total. The summed E-state index contributed by atoms with van der Waals surface area (Å²) in [7, 11) is 0. The number of nitrogens with one attached hydrogen (secondary N) is 1. The van der Waals surface area contributed by atoms with Gasteiger partial charge < -0.3 is 5.32 Å². The Kier molecular flexibility index (Phi) is 2.33. The van der Waals surface area contributed by atoms with Gasteiger partial charge in [-0.05, 0) is 24.6 Å². The molecule has 1 aromatic rings. The van der Waals surface area contributed by atoms with Crippen LogP contribution in [0, 0.1) is 0 Å². The molecule has 0 bridgehead atoms. The Balaban J connectivity index is 2.38. The molecule has 1 unspecified atom stereocenters. The van der Waals surface area contributed by atoms with E-state index >= 15 is 0 Å². The normalized spacial score (nSPS) is 26.9. The minimum Gasteiger partial charge on any atom is -0.301 e. The van der Waals surface area contributed by atoms with Crippen molar-refractivity contribution in [1.82, 2.24) is 5.32 Å². The lowest BCUT2D eigenvalue weighted by Gasteiger charge is -2.23. The van der Waals surface area contributed by atoms with Crippen molar-refractivity contribution in [3.63, 3.8) is 0 Å². The third kappa shape index (κ3) is 1.45. The molecule has 2 rings (SSSR count). The molecular weight excluding hydrogens is 198 g/mol. The fraction of sp³-hybridized carbons (Fsp3) is 0.364. The number of ketones is 1. The molecule has 3 heteroatoms. The third-order valence-corrected chi connectivity index (χ3v) is 3.06. The predicted octanol–water partition coefficient (Wildman–Crippen LogP) is 2.12. The molecule has 1 atom stereocenters. The molecule has 1 heterocycles. The molecule has 0 amide bonds. The van der Waals surface area contributed by atoms with E-state index in [0.717, 1.165) is 12.1 Å². The summed E-state index contributed by atoms with van der Waals surface area (Å²) in [5.41, 5.74) is 0.481. The Morgan fingerprint density at radius 1 is 1.36 bits per heavy atom. The average molecular weight is 210 g/mol. The summed E-state index contributed by atoms with van der Waals surface area (Å²) in [6.07, 6.45) is 0.610. The lowest BCUT2D eigenvalue weighted by atomic mass is 9.89. The smallest absolute Gasteiger partial charge is 0.158 e. The molecule has 1 aliphatic heterocycles. The van der Waals surface area contributed by atoms with Crippen molar-refractivity contribution >= 4 is 17.4 Å². The van der Waals surface area contributed by atoms with Gasteiger partial charge in [0.25, 0.3) is 0 Å². The first-order valence-corrected chi connectivity index (χ1v) is 5.05. The second-order valence-corrected chi connectivity index (χ2v) is 4.17. The van der Waals surface area contributed by atoms with Crippen LogP contribution < -0.4 is 5.32 Å². The first kappa shape index (κ1) is 9.69. The van der Waals surface area contributed by atoms with Gasteiger partial charge in [-0.15, -0.1) is 0 Å². The molecule has 1 aromatic carbocycles. The van der Waals surface area contributed by atoms with Crippen molar-refractivity contribution in [3.05, 3.63) is 34.9 Å². The Labute approximate surface area is 88.3 Å². The second-order valence-electron chi connectivity index (χ2n) is 3.73. The number of benzene rings is 1. The van der Waals surface area contributed by atoms with Gasteiger partial charge in [-0.1, -0.05) is 23.7 Å². The number of hydrogen-bond acceptors (Lipinski definition) is 2. The highest BCUT2D eigenvalue weighted by Gasteiger charge is 2.38. The summed E-state index contributed by atoms with van der Waals surface area (Å²) in [6, 6.07) is 7.43. The Bertz CT molecular complexity index is 360. The molecule has 1 saturated heterocycles. The highest BCUT2D eigenvalue weighted by molar-refractivity contribution is 6.30. The SMILES string of the molecule is CC1(c2ccc(Cl)cc2)NCCC1=O. The number of hydrogen-bond donors (Lipinski definition) is 1. The van der Waals surface area contributed by atoms with E-state index < -0.39 is 5.54 Å². The summed E-state index contributed by atoms with van der Waals surface area (Å²) in [6.45, 7) is 2.68. The quantitative estimate of drug-likeness (QED) is 0.768. The Morgan fingerprint density at radius 2 is 2.00 bits per heavy atom. The Hall–Kier alpha value is -0.860. The van der Waals surface area contributed by atoms with E-state index in [2.05, 4.69) is 5.32 Å². The Morgan fingerprint density at radius 3 is 2.50 bits per heavy atom. The van der Waals surface area contributed by atoms with Crippen LogP contribution in [0.1, 0.15) is 18.9 Å². The lowest BCUT2D eigenvalue weighted by Crippen LogP contribution is -2.38. The molecule has 0 aliphatic carbocycles. The monoisotopic (exact) mass is 209 g/mol. The van der Waals surface area contributed by atoms with Crippen LogP contribution in [0.15, 0.2) is 24.3 Å². The molecule has 1 aliphatic rings. The van der Waals surface area contributed by atoms with Crippen molar-refractivity contribution in [2.45, 2.75) is 18.9 Å². The van der Waals surface area contributed by atoms with Crippen LogP contribution >= 0.6 is 11.6 Å². The van der Waals surface area contributed by atoms with Gasteiger partial charge in [-0.2, -0.15) is 0 Å². The van der Waals surface area contributed by atoms with Crippen molar-refractivity contribution in [2.75, 3.05) is 6.54 Å². The first-order chi connectivity index (χ1) is 6.63. The van der Waals surface area contributed by atoms with E-state index in [0.29, 0.717) is 11.4 Å². The maximum atomic E-state index is 11.7. The topological polar surface area (TPSA) is 29.1 Å². The molecule has 14 heavy (non-hydrogen) atoms. The molecular formula is C11H12ClNO. The van der Waals surface area contributed by atoms with Gasteiger partial charge >= 0.3 is 0 Å². The summed E-state index contributed by atoms with van der Waals surface area (Å²) in [4.78, 5) is 11.7. The summed E-state index contributed by atoms with van der Waals surface area (Å²) >= 11 is 5.79. The van der Waals surface area contributed by atoms with Crippen LogP contribution in [-0.4, -0.2) is 12.3 Å². The molecule has 74 valence electrons. The second kappa shape index (κ2) is 3.37. The van der Waals surface area contributed by atoms with Crippen molar-refractivity contribution in [3.8, 4) is 0 Å². The van der Waals surface area contributed by atoms with Gasteiger partial charge in [-0.25, -0.2) is 0 Å². The van der Waals surface area contributed by atoms with Crippen LogP contribution in [0.4, 0.5) is 0 Å². The highest BCUT2D eigenvalue weighted by Crippen LogP contribution is 2.27. The molecule has 0 spiro atoms. The fourth-order valence-electron chi connectivity index (χ4n) is 1.82. The minimum atomic E-state index is -0.509. The molecule has 0 radical (unpaired) electrons. The van der Waals surface area contributed by atoms with E-state index in [1.807, 2.05) is 31.2 Å². The zero-order valence-corrected chi connectivity index (χ0v) is 8.77. The van der Waals surface area contributed by atoms with Gasteiger partial charge in [0.1, 0.15) is 5.54 Å². The molecule has 0 aromatic heterocycles. The zero-order valence-electron chi connectivity index (χ0n) is 8.01. The van der Waals surface area contributed by atoms with E-state index in [-0.39, 0.29) is 5.78 Å². The van der Waals surface area contributed by atoms with Gasteiger partial charge in [-0.3, -0.25) is 4.79 Å². The van der Waals surface area contributed by atoms with E-state index in [1.54, 1.807) is 0 Å². The highest BCUT2D eigenvalue weighted by atomic mass is 35.5. The standard InChI is InChI=1S/C11H12ClNO/c1-11(10(14)6-7-13-11)8-2-4-9(12)5-3-8/h2-5,13H,6-7H2,1H3. The van der Waals surface area contributed by atoms with E-state index in [1.165, 1.54) is 0 Å². The number of carbonyl (C=O) groups is 1. The molecule has 0 saturated carbocycles. The largest absolute Gasteiger partial charge is 0.301 e. The number of carbonyl (C=O) groups excluding carboxylic acids is 1. The van der Waals surface area contributed by atoms with Gasteiger partial charge in [0.2, 0.25) is 0 Å². The average Bonchev–Trinajstić information content (AvgIpc) is 2.49. The van der Waals surface area contributed by atoms with Crippen LogP contribution in [0.25, 0.3) is 0 Å². The third-order valence-electron chi connectivity index (χ3n) is 2.81. The van der Waals surface area contributed by atoms with E-state index in [9.17, 15) is 4.79 Å². The van der Waals surface area contributed by atoms with Crippen LogP contribution in [0.2, 0.25) is 5.02 Å². The van der Waals surface area contributed by atoms with Crippen LogP contribution in [0.3, 0.4) is 0 Å². The maximum absolute atomic E-state index is 11.7. The van der Waals surface area contributed by atoms with Gasteiger partial charge in [0.15, 0.2) is 5.78 Å². The predicted molar refractivity (Wildman–Crippen MR) is 56.4 cm³/mol. The number of halogens is 1.